The number of nitrogens with zero attached hydrogens (tertiary/aromatic N) is 1. The highest BCUT2D eigenvalue weighted by Gasteiger charge is 2.15. The van der Waals surface area contributed by atoms with Gasteiger partial charge in [0.05, 0.1) is 0 Å². The smallest absolute Gasteiger partial charge is 0.303 e. The van der Waals surface area contributed by atoms with E-state index in [4.69, 9.17) is 5.11 Å². The molecule has 1 aromatic carbocycles. The molecule has 0 aliphatic rings. The molecule has 0 atom stereocenters. The lowest BCUT2D eigenvalue weighted by Gasteiger charge is -1.92. The predicted molar refractivity (Wildman–Crippen MR) is 63.6 cm³/mol. The Kier molecular flexibility index (Phi) is 3.19. The van der Waals surface area contributed by atoms with Crippen LogP contribution in [0.15, 0.2) is 24.3 Å². The number of carboxylic acid groups (broad SMARTS) is 1. The molecule has 0 saturated heterocycles. The highest BCUT2D eigenvalue weighted by Crippen LogP contribution is 2.20. The second-order valence-corrected chi connectivity index (χ2v) is 4.89. The van der Waals surface area contributed by atoms with Gasteiger partial charge in [-0.1, -0.05) is 23.5 Å². The first kappa shape index (κ1) is 11.1. The average Bonchev–Trinajstić information content (AvgIpc) is 2.56. The van der Waals surface area contributed by atoms with Crippen LogP contribution in [0, 0.1) is 0 Å². The van der Waals surface area contributed by atoms with Crippen molar-refractivity contribution in [2.75, 3.05) is 0 Å². The van der Waals surface area contributed by atoms with Gasteiger partial charge in [0.15, 0.2) is 0 Å². The summed E-state index contributed by atoms with van der Waals surface area (Å²) in [6, 6.07) is 8.24. The van der Waals surface area contributed by atoms with Gasteiger partial charge in [0.2, 0.25) is 10.5 Å². The molecular formula is C12H14NO2S+. The first-order valence-corrected chi connectivity index (χ1v) is 6.08. The summed E-state index contributed by atoms with van der Waals surface area (Å²) >= 11 is 1.75. The van der Waals surface area contributed by atoms with Crippen LogP contribution in [0.2, 0.25) is 0 Å². The fourth-order valence-electron chi connectivity index (χ4n) is 1.76. The Bertz CT molecular complexity index is 519. The van der Waals surface area contributed by atoms with Crippen molar-refractivity contribution in [1.29, 1.82) is 0 Å². The Balaban J connectivity index is 2.18. The molecule has 84 valence electrons. The highest BCUT2D eigenvalue weighted by molar-refractivity contribution is 7.18. The third-order valence-corrected chi connectivity index (χ3v) is 3.89. The number of aromatic nitrogens is 1. The third kappa shape index (κ3) is 2.22. The number of carboxylic acids is 1. The van der Waals surface area contributed by atoms with Crippen LogP contribution in [0.3, 0.4) is 0 Å². The van der Waals surface area contributed by atoms with E-state index in [1.165, 1.54) is 15.2 Å². The van der Waals surface area contributed by atoms with Gasteiger partial charge in [0, 0.05) is 18.9 Å². The fraction of sp³-hybridized carbons (Fsp3) is 0.333. The molecule has 16 heavy (non-hydrogen) atoms. The number of benzene rings is 1. The maximum atomic E-state index is 10.4. The van der Waals surface area contributed by atoms with E-state index < -0.39 is 5.97 Å². The molecule has 4 heteroatoms. The van der Waals surface area contributed by atoms with E-state index in [9.17, 15) is 4.79 Å². The van der Waals surface area contributed by atoms with E-state index >= 15 is 0 Å². The van der Waals surface area contributed by atoms with E-state index in [0.29, 0.717) is 6.42 Å². The standard InChI is InChI=1S/C12H13NO2S/c1-13-9-5-2-3-6-10(9)16-11(13)7-4-8-12(14)15/h2-3,5-6H,4,7-8H2,1H3/p+1. The molecule has 0 radical (unpaired) electrons. The summed E-state index contributed by atoms with van der Waals surface area (Å²) in [7, 11) is 2.04. The number of hydrogen-bond donors (Lipinski definition) is 1. The minimum Gasteiger partial charge on any atom is -0.481 e. The number of hydrogen-bond acceptors (Lipinski definition) is 2. The molecule has 0 aliphatic carbocycles. The summed E-state index contributed by atoms with van der Waals surface area (Å²) in [5, 5.41) is 9.84. The molecule has 1 aromatic heterocycles. The van der Waals surface area contributed by atoms with Crippen LogP contribution in [0.4, 0.5) is 0 Å². The van der Waals surface area contributed by atoms with Crippen molar-refractivity contribution in [3.8, 4) is 0 Å². The lowest BCUT2D eigenvalue weighted by Crippen LogP contribution is -2.30. The number of aryl methyl sites for hydroxylation is 2. The average molecular weight is 236 g/mol. The molecular weight excluding hydrogens is 222 g/mol. The Hall–Kier alpha value is -1.42. The molecule has 0 bridgehead atoms. The molecule has 2 rings (SSSR count). The van der Waals surface area contributed by atoms with Crippen molar-refractivity contribution in [3.05, 3.63) is 29.3 Å². The van der Waals surface area contributed by atoms with Gasteiger partial charge in [-0.3, -0.25) is 4.79 Å². The quantitative estimate of drug-likeness (QED) is 0.826. The number of aliphatic carboxylic acids is 1. The lowest BCUT2D eigenvalue weighted by atomic mass is 10.2. The van der Waals surface area contributed by atoms with Gasteiger partial charge in [-0.25, -0.2) is 0 Å². The molecule has 0 unspecified atom stereocenters. The Labute approximate surface area is 98.0 Å². The van der Waals surface area contributed by atoms with Crippen molar-refractivity contribution < 1.29 is 14.5 Å². The predicted octanol–water partition coefficient (Wildman–Crippen LogP) is 2.13. The normalized spacial score (nSPS) is 10.8. The number of para-hydroxylation sites is 1. The number of thiazole rings is 1. The molecule has 3 nitrogen and oxygen atoms in total. The zero-order valence-corrected chi connectivity index (χ0v) is 9.96. The monoisotopic (exact) mass is 236 g/mol. The summed E-state index contributed by atoms with van der Waals surface area (Å²) in [5.74, 6) is -0.719. The van der Waals surface area contributed by atoms with Gasteiger partial charge < -0.3 is 5.11 Å². The Morgan fingerprint density at radius 3 is 2.88 bits per heavy atom. The van der Waals surface area contributed by atoms with Gasteiger partial charge in [-0.05, 0) is 12.5 Å². The second-order valence-electron chi connectivity index (χ2n) is 3.77. The van der Waals surface area contributed by atoms with Crippen LogP contribution in [0.1, 0.15) is 17.8 Å². The number of rotatable bonds is 4. The minimum atomic E-state index is -0.719. The summed E-state index contributed by atoms with van der Waals surface area (Å²) in [6.45, 7) is 0. The fourth-order valence-corrected chi connectivity index (χ4v) is 2.95. The van der Waals surface area contributed by atoms with Crippen LogP contribution in [-0.4, -0.2) is 11.1 Å². The topological polar surface area (TPSA) is 41.2 Å². The van der Waals surface area contributed by atoms with Crippen molar-refractivity contribution in [3.63, 3.8) is 0 Å². The summed E-state index contributed by atoms with van der Waals surface area (Å²) in [4.78, 5) is 10.4. The summed E-state index contributed by atoms with van der Waals surface area (Å²) in [6.07, 6.45) is 1.78. The third-order valence-electron chi connectivity index (χ3n) is 2.61. The Morgan fingerprint density at radius 2 is 2.19 bits per heavy atom. The highest BCUT2D eigenvalue weighted by atomic mass is 32.1. The molecule has 1 heterocycles. The molecule has 0 aliphatic heterocycles. The van der Waals surface area contributed by atoms with Crippen molar-refractivity contribution >= 4 is 27.5 Å². The zero-order chi connectivity index (χ0) is 11.5. The molecule has 0 fully saturated rings. The zero-order valence-electron chi connectivity index (χ0n) is 9.14. The van der Waals surface area contributed by atoms with E-state index in [1.807, 2.05) is 19.2 Å². The van der Waals surface area contributed by atoms with E-state index in [1.54, 1.807) is 11.3 Å². The van der Waals surface area contributed by atoms with Gasteiger partial charge in [-0.2, -0.15) is 4.57 Å². The Morgan fingerprint density at radius 1 is 1.44 bits per heavy atom. The molecule has 0 spiro atoms. The lowest BCUT2D eigenvalue weighted by molar-refractivity contribution is -0.648. The van der Waals surface area contributed by atoms with Crippen molar-refractivity contribution in [2.45, 2.75) is 19.3 Å². The van der Waals surface area contributed by atoms with Gasteiger partial charge in [0.1, 0.15) is 11.7 Å². The van der Waals surface area contributed by atoms with Gasteiger partial charge in [0.25, 0.3) is 0 Å². The van der Waals surface area contributed by atoms with Crippen LogP contribution in [0.25, 0.3) is 10.2 Å². The van der Waals surface area contributed by atoms with Crippen molar-refractivity contribution in [2.24, 2.45) is 7.05 Å². The van der Waals surface area contributed by atoms with Gasteiger partial charge in [-0.15, -0.1) is 0 Å². The number of fused-ring (bicyclic) bond motifs is 1. The van der Waals surface area contributed by atoms with E-state index in [-0.39, 0.29) is 6.42 Å². The first-order chi connectivity index (χ1) is 7.68. The maximum Gasteiger partial charge on any atom is 0.303 e. The second kappa shape index (κ2) is 4.61. The molecule has 2 aromatic rings. The van der Waals surface area contributed by atoms with Gasteiger partial charge >= 0.3 is 5.97 Å². The number of carbonyl (C=O) groups is 1. The molecule has 0 amide bonds. The summed E-state index contributed by atoms with van der Waals surface area (Å²) in [5.41, 5.74) is 1.22. The first-order valence-electron chi connectivity index (χ1n) is 5.26. The molecule has 1 N–H and O–H groups in total. The van der Waals surface area contributed by atoms with E-state index in [0.717, 1.165) is 6.42 Å². The van der Waals surface area contributed by atoms with Crippen LogP contribution in [-0.2, 0) is 18.3 Å². The molecule has 0 saturated carbocycles. The van der Waals surface area contributed by atoms with Crippen LogP contribution in [0.5, 0.6) is 0 Å². The SMILES string of the molecule is C[n+]1c(CCCC(=O)O)sc2ccccc21. The van der Waals surface area contributed by atoms with E-state index in [2.05, 4.69) is 16.7 Å². The summed E-state index contributed by atoms with van der Waals surface area (Å²) < 4.78 is 3.41. The van der Waals surface area contributed by atoms with Crippen LogP contribution >= 0.6 is 11.3 Å². The van der Waals surface area contributed by atoms with Crippen LogP contribution < -0.4 is 4.57 Å². The van der Waals surface area contributed by atoms with Crippen molar-refractivity contribution in [1.82, 2.24) is 0 Å². The largest absolute Gasteiger partial charge is 0.481 e. The minimum absolute atomic E-state index is 0.244. The maximum absolute atomic E-state index is 10.4.